The molecule has 0 bridgehead atoms. The molecule has 1 heterocycles. The molecule has 0 radical (unpaired) electrons. The van der Waals surface area contributed by atoms with Crippen LogP contribution >= 0.6 is 11.6 Å². The molecule has 0 amide bonds. The summed E-state index contributed by atoms with van der Waals surface area (Å²) in [6.07, 6.45) is 0. The van der Waals surface area contributed by atoms with Gasteiger partial charge in [-0.25, -0.2) is 0 Å². The van der Waals surface area contributed by atoms with Crippen LogP contribution in [0.3, 0.4) is 0 Å². The third-order valence-electron chi connectivity index (χ3n) is 3.21. The van der Waals surface area contributed by atoms with Gasteiger partial charge in [0.2, 0.25) is 0 Å². The summed E-state index contributed by atoms with van der Waals surface area (Å²) in [6.45, 7) is 0.788. The smallest absolute Gasteiger partial charge is 0.321 e. The molecule has 1 aliphatic rings. The molecule has 1 aromatic rings. The van der Waals surface area contributed by atoms with E-state index in [2.05, 4.69) is 5.32 Å². The molecule has 5 heteroatoms. The molecule has 0 aliphatic carbocycles. The Labute approximate surface area is 105 Å². The van der Waals surface area contributed by atoms with Crippen molar-refractivity contribution in [1.82, 2.24) is 5.32 Å². The van der Waals surface area contributed by atoms with E-state index >= 15 is 0 Å². The molecule has 0 saturated carbocycles. The number of carboxylic acid groups (broad SMARTS) is 1. The van der Waals surface area contributed by atoms with Crippen LogP contribution in [0.2, 0.25) is 5.02 Å². The lowest BCUT2D eigenvalue weighted by Gasteiger charge is -2.45. The van der Waals surface area contributed by atoms with Crippen LogP contribution in [0, 0.1) is 0 Å². The highest BCUT2D eigenvalue weighted by Gasteiger charge is 2.50. The average Bonchev–Trinajstić information content (AvgIpc) is 2.22. The Bertz CT molecular complexity index is 432. The number of likely N-dealkylation sites (N-methyl/N-ethyl adjacent to an activating group) is 1. The second-order valence-electron chi connectivity index (χ2n) is 4.22. The van der Waals surface area contributed by atoms with Crippen LogP contribution in [0.4, 0.5) is 0 Å². The molecule has 1 fully saturated rings. The zero-order chi connectivity index (χ0) is 12.5. The lowest BCUT2D eigenvalue weighted by molar-refractivity contribution is -0.150. The van der Waals surface area contributed by atoms with Crippen molar-refractivity contribution >= 4 is 17.6 Å². The van der Waals surface area contributed by atoms with Crippen LogP contribution in [0.25, 0.3) is 0 Å². The Morgan fingerprint density at radius 3 is 2.71 bits per heavy atom. The van der Waals surface area contributed by atoms with E-state index < -0.39 is 17.4 Å². The minimum atomic E-state index is -0.879. The number of nitrogens with one attached hydrogen (secondary N) is 1. The van der Waals surface area contributed by atoms with Crippen LogP contribution in [0.5, 0.6) is 0 Å². The highest BCUT2D eigenvalue weighted by Crippen LogP contribution is 2.36. The normalized spacial score (nSPS) is 19.4. The predicted molar refractivity (Wildman–Crippen MR) is 64.4 cm³/mol. The topological polar surface area (TPSA) is 58.6 Å². The fourth-order valence-corrected chi connectivity index (χ4v) is 2.45. The number of ether oxygens (including phenoxy) is 1. The Hall–Kier alpha value is -1.10. The van der Waals surface area contributed by atoms with Gasteiger partial charge in [-0.1, -0.05) is 23.7 Å². The number of carboxylic acids is 1. The lowest BCUT2D eigenvalue weighted by atomic mass is 9.72. The zero-order valence-electron chi connectivity index (χ0n) is 9.44. The SMILES string of the molecule is CNC(C(=O)O)C1(c2cccc(Cl)c2)COC1. The number of benzene rings is 1. The van der Waals surface area contributed by atoms with E-state index in [1.807, 2.05) is 12.1 Å². The molecule has 1 saturated heterocycles. The Morgan fingerprint density at radius 2 is 2.29 bits per heavy atom. The quantitative estimate of drug-likeness (QED) is 0.851. The van der Waals surface area contributed by atoms with E-state index in [9.17, 15) is 9.90 Å². The molecule has 1 unspecified atom stereocenters. The summed E-state index contributed by atoms with van der Waals surface area (Å²) < 4.78 is 5.22. The number of hydrogen-bond donors (Lipinski definition) is 2. The molecule has 1 aliphatic heterocycles. The Kier molecular flexibility index (Phi) is 3.38. The molecule has 1 aromatic carbocycles. The fraction of sp³-hybridized carbons (Fsp3) is 0.417. The summed E-state index contributed by atoms with van der Waals surface area (Å²) in [7, 11) is 1.64. The molecule has 0 aromatic heterocycles. The van der Waals surface area contributed by atoms with E-state index in [1.165, 1.54) is 0 Å². The predicted octanol–water partition coefficient (Wildman–Crippen LogP) is 1.28. The molecule has 2 rings (SSSR count). The number of carbonyl (C=O) groups is 1. The van der Waals surface area contributed by atoms with Gasteiger partial charge >= 0.3 is 5.97 Å². The van der Waals surface area contributed by atoms with E-state index in [4.69, 9.17) is 16.3 Å². The maximum absolute atomic E-state index is 11.3. The summed E-state index contributed by atoms with van der Waals surface area (Å²) in [4.78, 5) is 11.3. The highest BCUT2D eigenvalue weighted by molar-refractivity contribution is 6.30. The molecular formula is C12H14ClNO3. The van der Waals surface area contributed by atoms with E-state index in [-0.39, 0.29) is 0 Å². The number of rotatable bonds is 4. The number of halogens is 1. The van der Waals surface area contributed by atoms with Crippen molar-refractivity contribution in [3.8, 4) is 0 Å². The molecule has 92 valence electrons. The van der Waals surface area contributed by atoms with Crippen molar-refractivity contribution in [1.29, 1.82) is 0 Å². The zero-order valence-corrected chi connectivity index (χ0v) is 10.2. The van der Waals surface area contributed by atoms with Crippen molar-refractivity contribution in [2.24, 2.45) is 0 Å². The van der Waals surface area contributed by atoms with Gasteiger partial charge in [0.15, 0.2) is 0 Å². The highest BCUT2D eigenvalue weighted by atomic mass is 35.5. The largest absolute Gasteiger partial charge is 0.480 e. The Morgan fingerprint density at radius 1 is 1.59 bits per heavy atom. The van der Waals surface area contributed by atoms with Crippen molar-refractivity contribution in [2.45, 2.75) is 11.5 Å². The Balaban J connectivity index is 2.40. The summed E-state index contributed by atoms with van der Waals surface area (Å²) in [5.41, 5.74) is 0.379. The van der Waals surface area contributed by atoms with Gasteiger partial charge in [0.05, 0.1) is 18.6 Å². The first-order valence-corrected chi connectivity index (χ1v) is 5.72. The maximum Gasteiger partial charge on any atom is 0.321 e. The van der Waals surface area contributed by atoms with Crippen LogP contribution in [0.15, 0.2) is 24.3 Å². The fourth-order valence-electron chi connectivity index (χ4n) is 2.26. The summed E-state index contributed by atoms with van der Waals surface area (Å²) in [5.74, 6) is -0.879. The van der Waals surface area contributed by atoms with E-state index in [0.717, 1.165) is 5.56 Å². The van der Waals surface area contributed by atoms with Crippen LogP contribution in [-0.2, 0) is 14.9 Å². The lowest BCUT2D eigenvalue weighted by Crippen LogP contribution is -2.62. The van der Waals surface area contributed by atoms with Crippen LogP contribution < -0.4 is 5.32 Å². The van der Waals surface area contributed by atoms with Gasteiger partial charge in [-0.05, 0) is 24.7 Å². The van der Waals surface area contributed by atoms with Gasteiger partial charge in [0.1, 0.15) is 6.04 Å². The molecule has 1 atom stereocenters. The average molecular weight is 256 g/mol. The number of aliphatic carboxylic acids is 1. The maximum atomic E-state index is 11.3. The molecule has 0 spiro atoms. The third kappa shape index (κ3) is 2.04. The van der Waals surface area contributed by atoms with Crippen LogP contribution in [-0.4, -0.2) is 37.4 Å². The minimum absolute atomic E-state index is 0.394. The van der Waals surface area contributed by atoms with Gasteiger partial charge in [0.25, 0.3) is 0 Å². The van der Waals surface area contributed by atoms with Crippen molar-refractivity contribution in [3.05, 3.63) is 34.9 Å². The third-order valence-corrected chi connectivity index (χ3v) is 3.44. The summed E-state index contributed by atoms with van der Waals surface area (Å²) in [5, 5.41) is 12.7. The second kappa shape index (κ2) is 4.64. The molecular weight excluding hydrogens is 242 g/mol. The summed E-state index contributed by atoms with van der Waals surface area (Å²) in [6, 6.07) is 6.62. The first-order chi connectivity index (χ1) is 8.10. The molecule has 4 nitrogen and oxygen atoms in total. The first kappa shape index (κ1) is 12.4. The standard InChI is InChI=1S/C12H14ClNO3/c1-14-10(11(15)16)12(6-17-7-12)8-3-2-4-9(13)5-8/h2-5,10,14H,6-7H2,1H3,(H,15,16). The second-order valence-corrected chi connectivity index (χ2v) is 4.66. The monoisotopic (exact) mass is 255 g/mol. The summed E-state index contributed by atoms with van der Waals surface area (Å²) >= 11 is 5.95. The van der Waals surface area contributed by atoms with Crippen LogP contribution in [0.1, 0.15) is 5.56 Å². The molecule has 2 N–H and O–H groups in total. The first-order valence-electron chi connectivity index (χ1n) is 5.34. The van der Waals surface area contributed by atoms with Crippen molar-refractivity contribution in [2.75, 3.05) is 20.3 Å². The van der Waals surface area contributed by atoms with Crippen molar-refractivity contribution in [3.63, 3.8) is 0 Å². The van der Waals surface area contributed by atoms with Gasteiger partial charge < -0.3 is 15.2 Å². The van der Waals surface area contributed by atoms with Gasteiger partial charge in [-0.15, -0.1) is 0 Å². The minimum Gasteiger partial charge on any atom is -0.480 e. The van der Waals surface area contributed by atoms with Gasteiger partial charge in [-0.3, -0.25) is 4.79 Å². The molecule has 17 heavy (non-hydrogen) atoms. The van der Waals surface area contributed by atoms with Gasteiger partial charge in [-0.2, -0.15) is 0 Å². The van der Waals surface area contributed by atoms with Gasteiger partial charge in [0, 0.05) is 5.02 Å². The van der Waals surface area contributed by atoms with Crippen molar-refractivity contribution < 1.29 is 14.6 Å². The van der Waals surface area contributed by atoms with E-state index in [1.54, 1.807) is 19.2 Å². The van der Waals surface area contributed by atoms with E-state index in [0.29, 0.717) is 18.2 Å². The number of hydrogen-bond acceptors (Lipinski definition) is 3.